The summed E-state index contributed by atoms with van der Waals surface area (Å²) in [6.07, 6.45) is 0.547. The number of anilines is 2. The molecule has 3 aromatic rings. The lowest BCUT2D eigenvalue weighted by atomic mass is 10.1. The zero-order valence-electron chi connectivity index (χ0n) is 17.9. The van der Waals surface area contributed by atoms with E-state index < -0.39 is 20.0 Å². The highest BCUT2D eigenvalue weighted by Gasteiger charge is 2.31. The van der Waals surface area contributed by atoms with Crippen LogP contribution in [-0.2, 0) is 26.5 Å². The van der Waals surface area contributed by atoms with Gasteiger partial charge in [-0.15, -0.1) is 0 Å². The fourth-order valence-corrected chi connectivity index (χ4v) is 7.32. The van der Waals surface area contributed by atoms with Crippen molar-refractivity contribution in [2.45, 2.75) is 37.0 Å². The summed E-state index contributed by atoms with van der Waals surface area (Å²) < 4.78 is 56.6. The van der Waals surface area contributed by atoms with Crippen LogP contribution in [0.3, 0.4) is 0 Å². The van der Waals surface area contributed by atoms with Crippen LogP contribution in [-0.4, -0.2) is 23.4 Å². The van der Waals surface area contributed by atoms with Gasteiger partial charge in [0.1, 0.15) is 0 Å². The average Bonchev–Trinajstić information content (AvgIpc) is 3.11. The summed E-state index contributed by atoms with van der Waals surface area (Å²) in [6, 6.07) is 14.6. The number of hydrogen-bond donors (Lipinski definition) is 1. The van der Waals surface area contributed by atoms with Crippen LogP contribution in [0.5, 0.6) is 0 Å². The lowest BCUT2D eigenvalue weighted by molar-refractivity contribution is 0.592. The first-order valence-corrected chi connectivity index (χ1v) is 13.3. The van der Waals surface area contributed by atoms with E-state index in [-0.39, 0.29) is 16.3 Å². The number of aryl methyl sites for hydroxylation is 3. The summed E-state index contributed by atoms with van der Waals surface area (Å²) in [5.41, 5.74) is 3.91. The van der Waals surface area contributed by atoms with Gasteiger partial charge in [0.15, 0.2) is 0 Å². The zero-order chi connectivity index (χ0) is 23.3. The minimum absolute atomic E-state index is 0.131. The second-order valence-electron chi connectivity index (χ2n) is 7.96. The number of sulfonamides is 2. The van der Waals surface area contributed by atoms with Gasteiger partial charge in [0.05, 0.1) is 21.2 Å². The normalized spacial score (nSPS) is 13.8. The van der Waals surface area contributed by atoms with E-state index in [2.05, 4.69) is 4.72 Å². The smallest absolute Gasteiger partial charge is 0.264 e. The molecule has 168 valence electrons. The number of fused-ring (bicyclic) bond motifs is 1. The lowest BCUT2D eigenvalue weighted by Crippen LogP contribution is -2.29. The van der Waals surface area contributed by atoms with E-state index in [1.807, 2.05) is 19.1 Å². The molecule has 32 heavy (non-hydrogen) atoms. The van der Waals surface area contributed by atoms with Gasteiger partial charge in [-0.1, -0.05) is 35.4 Å². The summed E-state index contributed by atoms with van der Waals surface area (Å²) in [5, 5.41) is 0.448. The lowest BCUT2D eigenvalue weighted by Gasteiger charge is -2.20. The van der Waals surface area contributed by atoms with Gasteiger partial charge < -0.3 is 0 Å². The van der Waals surface area contributed by atoms with E-state index in [0.717, 1.165) is 11.1 Å². The van der Waals surface area contributed by atoms with Gasteiger partial charge in [-0.25, -0.2) is 16.8 Å². The molecule has 0 aliphatic carbocycles. The Morgan fingerprint density at radius 1 is 0.875 bits per heavy atom. The fourth-order valence-electron chi connectivity index (χ4n) is 4.19. The number of nitrogens with one attached hydrogen (secondary N) is 1. The highest BCUT2D eigenvalue weighted by atomic mass is 35.5. The first kappa shape index (κ1) is 22.6. The van der Waals surface area contributed by atoms with Gasteiger partial charge in [-0.05, 0) is 80.3 Å². The van der Waals surface area contributed by atoms with E-state index in [4.69, 9.17) is 11.6 Å². The number of hydrogen-bond acceptors (Lipinski definition) is 4. The molecule has 0 bridgehead atoms. The molecule has 4 rings (SSSR count). The molecule has 1 aliphatic rings. The predicted octanol–water partition coefficient (Wildman–Crippen LogP) is 4.82. The molecule has 0 fully saturated rings. The Balaban J connectivity index is 1.70. The Morgan fingerprint density at radius 3 is 2.12 bits per heavy atom. The minimum Gasteiger partial charge on any atom is -0.280 e. The molecule has 1 N–H and O–H groups in total. The van der Waals surface area contributed by atoms with E-state index >= 15 is 0 Å². The van der Waals surface area contributed by atoms with E-state index in [1.165, 1.54) is 28.6 Å². The monoisotopic (exact) mass is 490 g/mol. The number of halogens is 1. The van der Waals surface area contributed by atoms with Gasteiger partial charge in [0.25, 0.3) is 20.0 Å². The predicted molar refractivity (Wildman–Crippen MR) is 128 cm³/mol. The van der Waals surface area contributed by atoms with Crippen LogP contribution in [0.1, 0.15) is 22.3 Å². The largest absolute Gasteiger partial charge is 0.280 e. The maximum absolute atomic E-state index is 13.2. The molecular formula is C23H23ClN2O4S2. The Hall–Kier alpha value is -2.55. The number of rotatable bonds is 5. The Morgan fingerprint density at radius 2 is 1.50 bits per heavy atom. The summed E-state index contributed by atoms with van der Waals surface area (Å²) in [4.78, 5) is 0.362. The van der Waals surface area contributed by atoms with Crippen LogP contribution in [0.4, 0.5) is 11.4 Å². The van der Waals surface area contributed by atoms with Crippen LogP contribution < -0.4 is 9.03 Å². The molecule has 0 aromatic heterocycles. The van der Waals surface area contributed by atoms with Crippen LogP contribution in [0.25, 0.3) is 0 Å². The molecule has 9 heteroatoms. The summed E-state index contributed by atoms with van der Waals surface area (Å²) >= 11 is 5.89. The Kier molecular flexibility index (Phi) is 5.73. The SMILES string of the molecule is Cc1cc(C)c(S(=O)(=O)Nc2ccc3c(c2)N(S(=O)(=O)c2ccc(Cl)cc2)CC3)c(C)c1. The molecule has 0 radical (unpaired) electrons. The quantitative estimate of drug-likeness (QED) is 0.556. The summed E-state index contributed by atoms with van der Waals surface area (Å²) in [6.45, 7) is 5.72. The van der Waals surface area contributed by atoms with E-state index in [0.29, 0.717) is 33.9 Å². The maximum atomic E-state index is 13.2. The first-order valence-electron chi connectivity index (χ1n) is 10.0. The molecule has 3 aromatic carbocycles. The van der Waals surface area contributed by atoms with Crippen LogP contribution in [0.15, 0.2) is 64.4 Å². The standard InChI is InChI=1S/C23H23ClN2O4S2/c1-15-12-16(2)23(17(3)13-15)31(27,28)25-20-7-4-18-10-11-26(22(18)14-20)32(29,30)21-8-5-19(24)6-9-21/h4-9,12-14,25H,10-11H2,1-3H3. The van der Waals surface area contributed by atoms with Crippen molar-refractivity contribution in [3.8, 4) is 0 Å². The van der Waals surface area contributed by atoms with E-state index in [9.17, 15) is 16.8 Å². The third-order valence-corrected chi connectivity index (χ3v) is 9.23. The molecule has 0 unspecified atom stereocenters. The van der Waals surface area contributed by atoms with Crippen molar-refractivity contribution in [2.75, 3.05) is 15.6 Å². The molecular weight excluding hydrogens is 468 g/mol. The van der Waals surface area contributed by atoms with Crippen LogP contribution >= 0.6 is 11.6 Å². The number of nitrogens with zero attached hydrogens (tertiary/aromatic N) is 1. The first-order chi connectivity index (χ1) is 15.0. The van der Waals surface area contributed by atoms with Crippen molar-refractivity contribution >= 4 is 43.0 Å². The Bertz CT molecular complexity index is 1390. The molecule has 1 heterocycles. The van der Waals surface area contributed by atoms with Gasteiger partial charge in [-0.3, -0.25) is 9.03 Å². The van der Waals surface area contributed by atoms with Gasteiger partial charge in [-0.2, -0.15) is 0 Å². The summed E-state index contributed by atoms with van der Waals surface area (Å²) in [7, 11) is -7.65. The van der Waals surface area contributed by atoms with E-state index in [1.54, 1.807) is 32.0 Å². The zero-order valence-corrected chi connectivity index (χ0v) is 20.3. The van der Waals surface area contributed by atoms with Gasteiger partial charge in [0.2, 0.25) is 0 Å². The van der Waals surface area contributed by atoms with Crippen molar-refractivity contribution < 1.29 is 16.8 Å². The topological polar surface area (TPSA) is 83.6 Å². The van der Waals surface area contributed by atoms with Crippen molar-refractivity contribution in [2.24, 2.45) is 0 Å². The second kappa shape index (κ2) is 8.10. The molecule has 1 aliphatic heterocycles. The molecule has 6 nitrogen and oxygen atoms in total. The van der Waals surface area contributed by atoms with Gasteiger partial charge >= 0.3 is 0 Å². The van der Waals surface area contributed by atoms with Crippen LogP contribution in [0, 0.1) is 20.8 Å². The molecule has 0 atom stereocenters. The number of benzene rings is 3. The Labute approximate surface area is 193 Å². The highest BCUT2D eigenvalue weighted by Crippen LogP contribution is 2.36. The van der Waals surface area contributed by atoms with Gasteiger partial charge in [0, 0.05) is 11.6 Å². The van der Waals surface area contributed by atoms with Crippen molar-refractivity contribution in [3.05, 3.63) is 81.9 Å². The fraction of sp³-hybridized carbons (Fsp3) is 0.217. The highest BCUT2D eigenvalue weighted by molar-refractivity contribution is 7.93. The van der Waals surface area contributed by atoms with Crippen molar-refractivity contribution in [1.82, 2.24) is 0 Å². The third-order valence-electron chi connectivity index (χ3n) is 5.47. The van der Waals surface area contributed by atoms with Crippen LogP contribution in [0.2, 0.25) is 5.02 Å². The van der Waals surface area contributed by atoms with Crippen molar-refractivity contribution in [1.29, 1.82) is 0 Å². The third kappa shape index (κ3) is 4.10. The maximum Gasteiger partial charge on any atom is 0.264 e. The molecule has 0 saturated heterocycles. The minimum atomic E-state index is -3.85. The second-order valence-corrected chi connectivity index (χ2v) is 11.9. The average molecular weight is 491 g/mol. The van der Waals surface area contributed by atoms with Crippen molar-refractivity contribution in [3.63, 3.8) is 0 Å². The molecule has 0 saturated carbocycles. The summed E-state index contributed by atoms with van der Waals surface area (Å²) in [5.74, 6) is 0. The molecule has 0 amide bonds. The molecule has 0 spiro atoms.